The predicted molar refractivity (Wildman–Crippen MR) is 78.0 cm³/mol. The van der Waals surface area contributed by atoms with Crippen LogP contribution in [0.1, 0.15) is 46.1 Å². The second-order valence-electron chi connectivity index (χ2n) is 5.37. The van der Waals surface area contributed by atoms with E-state index in [4.69, 9.17) is 4.74 Å². The lowest BCUT2D eigenvalue weighted by Crippen LogP contribution is -2.24. The molecular weight excluding hydrogens is 222 g/mol. The van der Waals surface area contributed by atoms with Gasteiger partial charge in [0.25, 0.3) is 0 Å². The molecule has 0 heterocycles. The van der Waals surface area contributed by atoms with Crippen LogP contribution in [0, 0.1) is 5.92 Å². The largest absolute Gasteiger partial charge is 0.494 e. The van der Waals surface area contributed by atoms with Gasteiger partial charge in [0.1, 0.15) is 5.75 Å². The maximum absolute atomic E-state index is 5.70. The summed E-state index contributed by atoms with van der Waals surface area (Å²) in [5.41, 5.74) is 1.31. The SMILES string of the molecule is CCC(C)NCc1ccc(OCCC(C)C)cc1. The molecule has 102 valence electrons. The topological polar surface area (TPSA) is 21.3 Å². The third-order valence-electron chi connectivity index (χ3n) is 3.15. The van der Waals surface area contributed by atoms with Crippen LogP contribution in [0.4, 0.5) is 0 Å². The summed E-state index contributed by atoms with van der Waals surface area (Å²) in [5, 5.41) is 3.49. The smallest absolute Gasteiger partial charge is 0.119 e. The van der Waals surface area contributed by atoms with E-state index in [1.807, 2.05) is 0 Å². The van der Waals surface area contributed by atoms with Crippen molar-refractivity contribution in [2.75, 3.05) is 6.61 Å². The summed E-state index contributed by atoms with van der Waals surface area (Å²) < 4.78 is 5.70. The highest BCUT2D eigenvalue weighted by atomic mass is 16.5. The first-order valence-corrected chi connectivity index (χ1v) is 7.07. The first kappa shape index (κ1) is 15.0. The molecule has 0 fully saturated rings. The number of benzene rings is 1. The van der Waals surface area contributed by atoms with Gasteiger partial charge in [0.05, 0.1) is 6.61 Å². The Kier molecular flexibility index (Phi) is 6.81. The third-order valence-corrected chi connectivity index (χ3v) is 3.15. The zero-order chi connectivity index (χ0) is 13.4. The lowest BCUT2D eigenvalue weighted by atomic mass is 10.1. The molecule has 0 spiro atoms. The van der Waals surface area contributed by atoms with Gasteiger partial charge in [0, 0.05) is 12.6 Å². The van der Waals surface area contributed by atoms with Crippen molar-refractivity contribution < 1.29 is 4.74 Å². The maximum atomic E-state index is 5.70. The third kappa shape index (κ3) is 6.06. The highest BCUT2D eigenvalue weighted by Crippen LogP contribution is 2.13. The predicted octanol–water partition coefficient (Wildman–Crippen LogP) is 4.00. The molecule has 18 heavy (non-hydrogen) atoms. The fraction of sp³-hybridized carbons (Fsp3) is 0.625. The van der Waals surface area contributed by atoms with Crippen molar-refractivity contribution in [3.8, 4) is 5.75 Å². The number of rotatable bonds is 8. The Hall–Kier alpha value is -1.02. The summed E-state index contributed by atoms with van der Waals surface area (Å²) in [5.74, 6) is 1.67. The molecule has 0 amide bonds. The van der Waals surface area contributed by atoms with Gasteiger partial charge in [0.2, 0.25) is 0 Å². The zero-order valence-electron chi connectivity index (χ0n) is 12.2. The molecule has 2 heteroatoms. The minimum Gasteiger partial charge on any atom is -0.494 e. The highest BCUT2D eigenvalue weighted by Gasteiger charge is 2.00. The van der Waals surface area contributed by atoms with Crippen molar-refractivity contribution in [2.24, 2.45) is 5.92 Å². The van der Waals surface area contributed by atoms with Crippen LogP contribution in [0.5, 0.6) is 5.75 Å². The van der Waals surface area contributed by atoms with E-state index in [1.165, 1.54) is 5.56 Å². The van der Waals surface area contributed by atoms with Crippen LogP contribution in [0.2, 0.25) is 0 Å². The summed E-state index contributed by atoms with van der Waals surface area (Å²) in [6.45, 7) is 10.6. The Morgan fingerprint density at radius 3 is 2.33 bits per heavy atom. The zero-order valence-corrected chi connectivity index (χ0v) is 12.2. The van der Waals surface area contributed by atoms with Crippen molar-refractivity contribution in [1.29, 1.82) is 0 Å². The van der Waals surface area contributed by atoms with Gasteiger partial charge in [0.15, 0.2) is 0 Å². The van der Waals surface area contributed by atoms with Crippen LogP contribution in [0.3, 0.4) is 0 Å². The van der Waals surface area contributed by atoms with Crippen molar-refractivity contribution in [1.82, 2.24) is 5.32 Å². The average Bonchev–Trinajstić information content (AvgIpc) is 2.37. The van der Waals surface area contributed by atoms with Gasteiger partial charge in [-0.25, -0.2) is 0 Å². The second kappa shape index (κ2) is 8.15. The van der Waals surface area contributed by atoms with Crippen LogP contribution in [-0.2, 0) is 6.54 Å². The maximum Gasteiger partial charge on any atom is 0.119 e. The van der Waals surface area contributed by atoms with E-state index in [1.54, 1.807) is 0 Å². The Bertz CT molecular complexity index is 318. The molecule has 1 aromatic carbocycles. The molecule has 1 rings (SSSR count). The Labute approximate surface area is 112 Å². The van der Waals surface area contributed by atoms with Crippen molar-refractivity contribution in [3.05, 3.63) is 29.8 Å². The molecule has 0 aromatic heterocycles. The molecule has 0 aliphatic rings. The monoisotopic (exact) mass is 249 g/mol. The summed E-state index contributed by atoms with van der Waals surface area (Å²) in [6, 6.07) is 8.98. The summed E-state index contributed by atoms with van der Waals surface area (Å²) in [7, 11) is 0. The fourth-order valence-electron chi connectivity index (χ4n) is 1.55. The molecule has 1 aromatic rings. The van der Waals surface area contributed by atoms with E-state index in [9.17, 15) is 0 Å². The lowest BCUT2D eigenvalue weighted by Gasteiger charge is -2.12. The van der Waals surface area contributed by atoms with E-state index in [0.29, 0.717) is 12.0 Å². The first-order valence-electron chi connectivity index (χ1n) is 7.07. The van der Waals surface area contributed by atoms with Crippen molar-refractivity contribution in [2.45, 2.75) is 53.1 Å². The van der Waals surface area contributed by atoms with Gasteiger partial charge >= 0.3 is 0 Å². The van der Waals surface area contributed by atoms with Crippen LogP contribution in [0.25, 0.3) is 0 Å². The normalized spacial score (nSPS) is 12.7. The molecular formula is C16H27NO. The van der Waals surface area contributed by atoms with Gasteiger partial charge in [-0.3, -0.25) is 0 Å². The molecule has 2 nitrogen and oxygen atoms in total. The van der Waals surface area contributed by atoms with Gasteiger partial charge < -0.3 is 10.1 Å². The number of ether oxygens (including phenoxy) is 1. The minimum atomic E-state index is 0.576. The van der Waals surface area contributed by atoms with Crippen molar-refractivity contribution in [3.63, 3.8) is 0 Å². The molecule has 0 bridgehead atoms. The van der Waals surface area contributed by atoms with E-state index < -0.39 is 0 Å². The quantitative estimate of drug-likeness (QED) is 0.752. The Morgan fingerprint density at radius 1 is 1.11 bits per heavy atom. The Balaban J connectivity index is 2.33. The van der Waals surface area contributed by atoms with Crippen LogP contribution in [0.15, 0.2) is 24.3 Å². The van der Waals surface area contributed by atoms with Crippen LogP contribution < -0.4 is 10.1 Å². The summed E-state index contributed by atoms with van der Waals surface area (Å²) in [6.07, 6.45) is 2.27. The second-order valence-corrected chi connectivity index (χ2v) is 5.37. The average molecular weight is 249 g/mol. The molecule has 1 N–H and O–H groups in total. The minimum absolute atomic E-state index is 0.576. The molecule has 0 radical (unpaired) electrons. The molecule has 0 aliphatic carbocycles. The molecule has 1 atom stereocenters. The van der Waals surface area contributed by atoms with Gasteiger partial charge in [-0.1, -0.05) is 32.9 Å². The number of hydrogen-bond acceptors (Lipinski definition) is 2. The van der Waals surface area contributed by atoms with Gasteiger partial charge in [-0.05, 0) is 43.4 Å². The number of nitrogens with one attached hydrogen (secondary N) is 1. The molecule has 0 saturated heterocycles. The van der Waals surface area contributed by atoms with E-state index in [2.05, 4.69) is 57.3 Å². The fourth-order valence-corrected chi connectivity index (χ4v) is 1.55. The highest BCUT2D eigenvalue weighted by molar-refractivity contribution is 5.27. The lowest BCUT2D eigenvalue weighted by molar-refractivity contribution is 0.289. The first-order chi connectivity index (χ1) is 8.61. The van der Waals surface area contributed by atoms with Crippen molar-refractivity contribution >= 4 is 0 Å². The van der Waals surface area contributed by atoms with Crippen LogP contribution >= 0.6 is 0 Å². The number of hydrogen-bond donors (Lipinski definition) is 1. The van der Waals surface area contributed by atoms with E-state index in [-0.39, 0.29) is 0 Å². The van der Waals surface area contributed by atoms with Gasteiger partial charge in [-0.15, -0.1) is 0 Å². The molecule has 0 aliphatic heterocycles. The standard InChI is InChI=1S/C16H27NO/c1-5-14(4)17-12-15-6-8-16(9-7-15)18-11-10-13(2)3/h6-9,13-14,17H,5,10-12H2,1-4H3. The van der Waals surface area contributed by atoms with E-state index in [0.717, 1.165) is 31.7 Å². The van der Waals surface area contributed by atoms with Crippen LogP contribution in [-0.4, -0.2) is 12.6 Å². The molecule has 0 saturated carbocycles. The van der Waals surface area contributed by atoms with E-state index >= 15 is 0 Å². The molecule has 1 unspecified atom stereocenters. The summed E-state index contributed by atoms with van der Waals surface area (Å²) >= 11 is 0. The van der Waals surface area contributed by atoms with Gasteiger partial charge in [-0.2, -0.15) is 0 Å². The summed E-state index contributed by atoms with van der Waals surface area (Å²) in [4.78, 5) is 0. The Morgan fingerprint density at radius 2 is 1.78 bits per heavy atom.